The molecule has 19 heavy (non-hydrogen) atoms. The minimum absolute atomic E-state index is 0.233. The number of benzene rings is 1. The van der Waals surface area contributed by atoms with Crippen molar-refractivity contribution in [1.82, 2.24) is 4.31 Å². The zero-order valence-electron chi connectivity index (χ0n) is 11.4. The van der Waals surface area contributed by atoms with Gasteiger partial charge in [0.2, 0.25) is 10.0 Å². The summed E-state index contributed by atoms with van der Waals surface area (Å²) in [6.07, 6.45) is 6.45. The Bertz CT molecular complexity index is 557. The summed E-state index contributed by atoms with van der Waals surface area (Å²) in [6, 6.07) is 7.83. The highest BCUT2D eigenvalue weighted by Gasteiger charge is 2.43. The van der Waals surface area contributed by atoms with Crippen LogP contribution in [0.3, 0.4) is 0 Å². The van der Waals surface area contributed by atoms with E-state index in [-0.39, 0.29) is 12.1 Å². The molecule has 104 valence electrons. The van der Waals surface area contributed by atoms with Crippen LogP contribution in [0.15, 0.2) is 29.2 Å². The normalized spacial score (nSPS) is 21.2. The molecular formula is C15H21NO2S. The van der Waals surface area contributed by atoms with Crippen LogP contribution < -0.4 is 0 Å². The molecule has 1 aromatic carbocycles. The van der Waals surface area contributed by atoms with Crippen LogP contribution in [0.2, 0.25) is 0 Å². The summed E-state index contributed by atoms with van der Waals surface area (Å²) < 4.78 is 27.7. The van der Waals surface area contributed by atoms with Gasteiger partial charge in [-0.15, -0.1) is 0 Å². The molecule has 4 heteroatoms. The Morgan fingerprint density at radius 3 is 2.16 bits per heavy atom. The van der Waals surface area contributed by atoms with E-state index in [2.05, 4.69) is 0 Å². The molecule has 2 fully saturated rings. The van der Waals surface area contributed by atoms with Gasteiger partial charge in [-0.1, -0.05) is 31.0 Å². The molecule has 0 unspecified atom stereocenters. The second-order valence-electron chi connectivity index (χ2n) is 5.77. The summed E-state index contributed by atoms with van der Waals surface area (Å²) >= 11 is 0. The van der Waals surface area contributed by atoms with E-state index < -0.39 is 10.0 Å². The molecule has 3 nitrogen and oxygen atoms in total. The molecule has 2 aliphatic carbocycles. The van der Waals surface area contributed by atoms with E-state index in [9.17, 15) is 8.42 Å². The van der Waals surface area contributed by atoms with Gasteiger partial charge in [0.1, 0.15) is 0 Å². The fraction of sp³-hybridized carbons (Fsp3) is 0.600. The van der Waals surface area contributed by atoms with Crippen LogP contribution in [-0.4, -0.2) is 24.8 Å². The highest BCUT2D eigenvalue weighted by atomic mass is 32.2. The van der Waals surface area contributed by atoms with Crippen LogP contribution in [0.1, 0.15) is 44.1 Å². The molecule has 2 saturated carbocycles. The SMILES string of the molecule is Cc1ccccc1S(=O)(=O)N(C1CCCC1)C1CC1. The molecule has 0 aromatic heterocycles. The third-order valence-corrected chi connectivity index (χ3v) is 6.41. The minimum Gasteiger partial charge on any atom is -0.207 e. The van der Waals surface area contributed by atoms with Crippen molar-refractivity contribution in [2.24, 2.45) is 0 Å². The lowest BCUT2D eigenvalue weighted by Crippen LogP contribution is -2.40. The van der Waals surface area contributed by atoms with Crippen molar-refractivity contribution in [3.63, 3.8) is 0 Å². The Hall–Kier alpha value is -0.870. The second-order valence-corrected chi connectivity index (χ2v) is 7.58. The van der Waals surface area contributed by atoms with Crippen molar-refractivity contribution in [2.45, 2.75) is 62.4 Å². The van der Waals surface area contributed by atoms with Gasteiger partial charge in [0.15, 0.2) is 0 Å². The molecule has 1 aromatic rings. The zero-order valence-corrected chi connectivity index (χ0v) is 12.2. The van der Waals surface area contributed by atoms with Gasteiger partial charge in [0, 0.05) is 12.1 Å². The third-order valence-electron chi connectivity index (χ3n) is 4.24. The van der Waals surface area contributed by atoms with Crippen molar-refractivity contribution in [3.8, 4) is 0 Å². The van der Waals surface area contributed by atoms with E-state index in [1.165, 1.54) is 0 Å². The quantitative estimate of drug-likeness (QED) is 0.849. The summed E-state index contributed by atoms with van der Waals surface area (Å²) in [7, 11) is -3.32. The standard InChI is InChI=1S/C15H21NO2S/c1-12-6-2-5-9-15(12)19(17,18)16(14-10-11-14)13-7-3-4-8-13/h2,5-6,9,13-14H,3-4,7-8,10-11H2,1H3. The Balaban J connectivity index is 1.99. The number of hydrogen-bond acceptors (Lipinski definition) is 2. The van der Waals surface area contributed by atoms with Crippen molar-refractivity contribution in [1.29, 1.82) is 0 Å². The minimum atomic E-state index is -3.32. The van der Waals surface area contributed by atoms with Crippen LogP contribution in [0.25, 0.3) is 0 Å². The Kier molecular flexibility index (Phi) is 3.39. The van der Waals surface area contributed by atoms with Gasteiger partial charge in [-0.25, -0.2) is 8.42 Å². The highest BCUT2D eigenvalue weighted by Crippen LogP contribution is 2.39. The maximum atomic E-state index is 12.9. The monoisotopic (exact) mass is 279 g/mol. The predicted octanol–water partition coefficient (Wildman–Crippen LogP) is 3.09. The summed E-state index contributed by atoms with van der Waals surface area (Å²) in [6.45, 7) is 1.88. The molecule has 0 N–H and O–H groups in total. The number of rotatable bonds is 4. The first-order chi connectivity index (χ1) is 9.10. The molecule has 2 aliphatic rings. The summed E-state index contributed by atoms with van der Waals surface area (Å²) in [5, 5.41) is 0. The second kappa shape index (κ2) is 4.91. The fourth-order valence-corrected chi connectivity index (χ4v) is 5.30. The van der Waals surface area contributed by atoms with E-state index in [0.717, 1.165) is 44.1 Å². The van der Waals surface area contributed by atoms with Crippen LogP contribution in [-0.2, 0) is 10.0 Å². The van der Waals surface area contributed by atoms with E-state index in [0.29, 0.717) is 4.90 Å². The summed E-state index contributed by atoms with van der Waals surface area (Å²) in [5.41, 5.74) is 0.853. The first kappa shape index (κ1) is 13.1. The van der Waals surface area contributed by atoms with Crippen LogP contribution >= 0.6 is 0 Å². The van der Waals surface area contributed by atoms with E-state index in [1.807, 2.05) is 29.4 Å². The number of sulfonamides is 1. The molecule has 3 rings (SSSR count). The van der Waals surface area contributed by atoms with Gasteiger partial charge >= 0.3 is 0 Å². The lowest BCUT2D eigenvalue weighted by Gasteiger charge is -2.28. The van der Waals surface area contributed by atoms with Gasteiger partial charge in [0.25, 0.3) is 0 Å². The van der Waals surface area contributed by atoms with Crippen LogP contribution in [0.5, 0.6) is 0 Å². The molecular weight excluding hydrogens is 258 g/mol. The topological polar surface area (TPSA) is 37.4 Å². The number of aryl methyl sites for hydroxylation is 1. The van der Waals surface area contributed by atoms with Gasteiger partial charge in [0.05, 0.1) is 4.90 Å². The van der Waals surface area contributed by atoms with Gasteiger partial charge < -0.3 is 0 Å². The molecule has 0 spiro atoms. The third kappa shape index (κ3) is 2.43. The van der Waals surface area contributed by atoms with Crippen molar-refractivity contribution in [2.75, 3.05) is 0 Å². The van der Waals surface area contributed by atoms with E-state index >= 15 is 0 Å². The largest absolute Gasteiger partial charge is 0.243 e. The van der Waals surface area contributed by atoms with Gasteiger partial charge in [-0.2, -0.15) is 4.31 Å². The first-order valence-electron chi connectivity index (χ1n) is 7.20. The van der Waals surface area contributed by atoms with Gasteiger partial charge in [-0.3, -0.25) is 0 Å². The average Bonchev–Trinajstić information content (AvgIpc) is 3.04. The lowest BCUT2D eigenvalue weighted by atomic mass is 10.2. The maximum absolute atomic E-state index is 12.9. The fourth-order valence-electron chi connectivity index (χ4n) is 3.14. The van der Waals surface area contributed by atoms with E-state index in [4.69, 9.17) is 0 Å². The first-order valence-corrected chi connectivity index (χ1v) is 8.64. The van der Waals surface area contributed by atoms with E-state index in [1.54, 1.807) is 6.07 Å². The predicted molar refractivity (Wildman–Crippen MR) is 75.5 cm³/mol. The summed E-state index contributed by atoms with van der Waals surface area (Å²) in [4.78, 5) is 0.494. The zero-order chi connectivity index (χ0) is 13.5. The Morgan fingerprint density at radius 2 is 1.58 bits per heavy atom. The van der Waals surface area contributed by atoms with Crippen molar-refractivity contribution >= 4 is 10.0 Å². The smallest absolute Gasteiger partial charge is 0.207 e. The van der Waals surface area contributed by atoms with Crippen LogP contribution in [0.4, 0.5) is 0 Å². The highest BCUT2D eigenvalue weighted by molar-refractivity contribution is 7.89. The molecule has 0 bridgehead atoms. The molecule has 0 aliphatic heterocycles. The Morgan fingerprint density at radius 1 is 1.00 bits per heavy atom. The Labute approximate surface area is 115 Å². The molecule has 0 saturated heterocycles. The molecule has 0 atom stereocenters. The number of hydrogen-bond donors (Lipinski definition) is 0. The molecule has 0 radical (unpaired) electrons. The average molecular weight is 279 g/mol. The number of nitrogens with zero attached hydrogens (tertiary/aromatic N) is 1. The van der Waals surface area contributed by atoms with Crippen LogP contribution in [0, 0.1) is 6.92 Å². The van der Waals surface area contributed by atoms with Crippen molar-refractivity contribution < 1.29 is 8.42 Å². The molecule has 0 heterocycles. The van der Waals surface area contributed by atoms with Gasteiger partial charge in [-0.05, 0) is 44.2 Å². The molecule has 0 amide bonds. The maximum Gasteiger partial charge on any atom is 0.243 e. The summed E-state index contributed by atoms with van der Waals surface area (Å²) in [5.74, 6) is 0. The lowest BCUT2D eigenvalue weighted by molar-refractivity contribution is 0.314. The van der Waals surface area contributed by atoms with Crippen molar-refractivity contribution in [3.05, 3.63) is 29.8 Å².